The second kappa shape index (κ2) is 3.18. The van der Waals surface area contributed by atoms with Crippen LogP contribution in [0.1, 0.15) is 19.3 Å². The molecule has 2 saturated carbocycles. The van der Waals surface area contributed by atoms with Gasteiger partial charge in [-0.15, -0.1) is 13.2 Å². The van der Waals surface area contributed by atoms with Crippen LogP contribution in [0.3, 0.4) is 0 Å². The van der Waals surface area contributed by atoms with E-state index in [0.717, 1.165) is 19.3 Å². The summed E-state index contributed by atoms with van der Waals surface area (Å²) in [4.78, 5) is 10.9. The number of carbonyl (C=O) groups excluding carboxylic acids is 1. The standard InChI is InChI=1S/C7H11NO.C2H4/c8-6-2-5-1-4(6)3-7(5)9;1-2/h4-6H,1-3,8H2;1-2H2/t4-,5-,6-;/m1./s1. The average molecular weight is 153 g/mol. The summed E-state index contributed by atoms with van der Waals surface area (Å²) in [5, 5.41) is 0. The summed E-state index contributed by atoms with van der Waals surface area (Å²) in [6.45, 7) is 6.00. The summed E-state index contributed by atoms with van der Waals surface area (Å²) >= 11 is 0. The van der Waals surface area contributed by atoms with E-state index in [1.165, 1.54) is 0 Å². The number of hydrogen-bond acceptors (Lipinski definition) is 2. The minimum atomic E-state index is 0.340. The van der Waals surface area contributed by atoms with Crippen molar-refractivity contribution in [2.24, 2.45) is 17.6 Å². The molecular formula is C9H15NO. The summed E-state index contributed by atoms with van der Waals surface area (Å²) in [5.41, 5.74) is 5.73. The van der Waals surface area contributed by atoms with Crippen LogP contribution < -0.4 is 5.73 Å². The molecule has 2 bridgehead atoms. The van der Waals surface area contributed by atoms with E-state index in [9.17, 15) is 4.79 Å². The number of ketones is 1. The van der Waals surface area contributed by atoms with Gasteiger partial charge in [-0.2, -0.15) is 0 Å². The molecule has 2 heteroatoms. The molecule has 0 unspecified atom stereocenters. The Morgan fingerprint density at radius 3 is 2.27 bits per heavy atom. The van der Waals surface area contributed by atoms with E-state index in [1.807, 2.05) is 0 Å². The first-order valence-corrected chi connectivity index (χ1v) is 4.05. The summed E-state index contributed by atoms with van der Waals surface area (Å²) in [6, 6.07) is 0.340. The maximum Gasteiger partial charge on any atom is 0.136 e. The third kappa shape index (κ3) is 1.36. The predicted molar refractivity (Wildman–Crippen MR) is 45.1 cm³/mol. The van der Waals surface area contributed by atoms with E-state index in [4.69, 9.17) is 5.73 Å². The van der Waals surface area contributed by atoms with Crippen LogP contribution in [0.4, 0.5) is 0 Å². The smallest absolute Gasteiger partial charge is 0.136 e. The van der Waals surface area contributed by atoms with Crippen molar-refractivity contribution >= 4 is 5.78 Å². The summed E-state index contributed by atoms with van der Waals surface area (Å²) in [7, 11) is 0. The van der Waals surface area contributed by atoms with E-state index >= 15 is 0 Å². The molecule has 2 nitrogen and oxygen atoms in total. The molecule has 0 aliphatic heterocycles. The summed E-state index contributed by atoms with van der Waals surface area (Å²) < 4.78 is 0. The Balaban J connectivity index is 0.000000281. The van der Waals surface area contributed by atoms with Gasteiger partial charge in [-0.1, -0.05) is 0 Å². The molecule has 62 valence electrons. The minimum absolute atomic E-state index is 0.340. The molecule has 2 aliphatic carbocycles. The van der Waals surface area contributed by atoms with Crippen LogP contribution in [0.5, 0.6) is 0 Å². The van der Waals surface area contributed by atoms with Crippen molar-refractivity contribution in [3.63, 3.8) is 0 Å². The lowest BCUT2D eigenvalue weighted by molar-refractivity contribution is -0.121. The Morgan fingerprint density at radius 1 is 1.36 bits per heavy atom. The van der Waals surface area contributed by atoms with E-state index in [0.29, 0.717) is 23.7 Å². The average Bonchev–Trinajstić information content (AvgIpc) is 2.51. The number of carbonyl (C=O) groups is 1. The van der Waals surface area contributed by atoms with Crippen molar-refractivity contribution in [2.45, 2.75) is 25.3 Å². The lowest BCUT2D eigenvalue weighted by atomic mass is 9.95. The number of fused-ring (bicyclic) bond motifs is 2. The zero-order valence-electron chi connectivity index (χ0n) is 6.75. The topological polar surface area (TPSA) is 43.1 Å². The van der Waals surface area contributed by atoms with Gasteiger partial charge in [0.2, 0.25) is 0 Å². The Kier molecular flexibility index (Phi) is 2.45. The molecule has 3 atom stereocenters. The molecule has 2 aliphatic rings. The van der Waals surface area contributed by atoms with Gasteiger partial charge in [0.25, 0.3) is 0 Å². The molecule has 0 aromatic carbocycles. The molecule has 0 radical (unpaired) electrons. The van der Waals surface area contributed by atoms with Gasteiger partial charge in [-0.3, -0.25) is 4.79 Å². The Labute approximate surface area is 67.5 Å². The van der Waals surface area contributed by atoms with Crippen molar-refractivity contribution in [3.05, 3.63) is 13.2 Å². The van der Waals surface area contributed by atoms with Gasteiger partial charge >= 0.3 is 0 Å². The molecule has 2 N–H and O–H groups in total. The Hall–Kier alpha value is -0.630. The van der Waals surface area contributed by atoms with Crippen LogP contribution in [0, 0.1) is 11.8 Å². The predicted octanol–water partition coefficient (Wildman–Crippen LogP) is 1.11. The molecule has 0 aromatic heterocycles. The third-order valence-electron chi connectivity index (χ3n) is 2.67. The van der Waals surface area contributed by atoms with E-state index < -0.39 is 0 Å². The highest BCUT2D eigenvalue weighted by atomic mass is 16.1. The quantitative estimate of drug-likeness (QED) is 0.530. The van der Waals surface area contributed by atoms with E-state index in [1.54, 1.807) is 0 Å². The highest BCUT2D eigenvalue weighted by Crippen LogP contribution is 2.40. The molecule has 2 fully saturated rings. The van der Waals surface area contributed by atoms with Gasteiger partial charge in [0, 0.05) is 18.4 Å². The number of rotatable bonds is 0. The molecule has 0 spiro atoms. The normalized spacial score (nSPS) is 40.1. The number of Topliss-reactive ketones (excluding diaryl/α,β-unsaturated/α-hetero) is 1. The zero-order chi connectivity index (χ0) is 8.43. The van der Waals surface area contributed by atoms with E-state index in [2.05, 4.69) is 13.2 Å². The highest BCUT2D eigenvalue weighted by Gasteiger charge is 2.43. The fourth-order valence-electron chi connectivity index (χ4n) is 2.08. The van der Waals surface area contributed by atoms with Gasteiger partial charge in [0.05, 0.1) is 0 Å². The molecule has 0 heterocycles. The van der Waals surface area contributed by atoms with Crippen molar-refractivity contribution < 1.29 is 4.79 Å². The van der Waals surface area contributed by atoms with Gasteiger partial charge in [0.1, 0.15) is 5.78 Å². The van der Waals surface area contributed by atoms with Gasteiger partial charge < -0.3 is 5.73 Å². The summed E-state index contributed by atoms with van der Waals surface area (Å²) in [6.07, 6.45) is 2.81. The zero-order valence-corrected chi connectivity index (χ0v) is 6.75. The van der Waals surface area contributed by atoms with Gasteiger partial charge in [0.15, 0.2) is 0 Å². The maximum absolute atomic E-state index is 10.9. The van der Waals surface area contributed by atoms with Crippen LogP contribution in [0.2, 0.25) is 0 Å². The Bertz CT molecular complexity index is 165. The molecule has 0 saturated heterocycles. The van der Waals surface area contributed by atoms with Crippen LogP contribution in [0.25, 0.3) is 0 Å². The monoisotopic (exact) mass is 153 g/mol. The molecule has 0 aromatic rings. The highest BCUT2D eigenvalue weighted by molar-refractivity contribution is 5.84. The van der Waals surface area contributed by atoms with Crippen LogP contribution in [-0.4, -0.2) is 11.8 Å². The molecular weight excluding hydrogens is 138 g/mol. The van der Waals surface area contributed by atoms with Crippen LogP contribution in [0.15, 0.2) is 13.2 Å². The molecule has 0 amide bonds. The lowest BCUT2D eigenvalue weighted by Gasteiger charge is -2.14. The first kappa shape index (κ1) is 8.47. The van der Waals surface area contributed by atoms with Gasteiger partial charge in [-0.05, 0) is 18.8 Å². The van der Waals surface area contributed by atoms with Crippen LogP contribution in [-0.2, 0) is 4.79 Å². The maximum atomic E-state index is 10.9. The second-order valence-electron chi connectivity index (χ2n) is 3.26. The van der Waals surface area contributed by atoms with Crippen LogP contribution >= 0.6 is 0 Å². The lowest BCUT2D eigenvalue weighted by Crippen LogP contribution is -2.29. The second-order valence-corrected chi connectivity index (χ2v) is 3.26. The van der Waals surface area contributed by atoms with E-state index in [-0.39, 0.29) is 0 Å². The van der Waals surface area contributed by atoms with Crippen molar-refractivity contribution in [3.8, 4) is 0 Å². The summed E-state index contributed by atoms with van der Waals surface area (Å²) in [5.74, 6) is 1.36. The Morgan fingerprint density at radius 2 is 2.00 bits per heavy atom. The van der Waals surface area contributed by atoms with Crippen molar-refractivity contribution in [1.29, 1.82) is 0 Å². The number of nitrogens with two attached hydrogens (primary N) is 1. The number of hydrogen-bond donors (Lipinski definition) is 1. The molecule has 2 rings (SSSR count). The SMILES string of the molecule is C=C.N[C@@H]1C[C@H]2C[C@@H]1CC2=O. The fourth-order valence-corrected chi connectivity index (χ4v) is 2.08. The first-order chi connectivity index (χ1) is 5.27. The van der Waals surface area contributed by atoms with Gasteiger partial charge in [-0.25, -0.2) is 0 Å². The first-order valence-electron chi connectivity index (χ1n) is 4.05. The fraction of sp³-hybridized carbons (Fsp3) is 0.667. The largest absolute Gasteiger partial charge is 0.327 e. The molecule has 11 heavy (non-hydrogen) atoms. The van der Waals surface area contributed by atoms with Crippen molar-refractivity contribution in [2.75, 3.05) is 0 Å². The minimum Gasteiger partial charge on any atom is -0.327 e. The third-order valence-corrected chi connectivity index (χ3v) is 2.67. The van der Waals surface area contributed by atoms with Crippen molar-refractivity contribution in [1.82, 2.24) is 0 Å².